The SMILES string of the molecule is COC(=O)C1CC2=CC(=O)CC[C@]2(C)C2C=C[C@@]3(C)C(CC[C@@]34CCC(=O)O4)C12. The maximum absolute atomic E-state index is 12.9. The summed E-state index contributed by atoms with van der Waals surface area (Å²) in [4.78, 5) is 37.1. The van der Waals surface area contributed by atoms with Crippen LogP contribution in [-0.2, 0) is 23.9 Å². The van der Waals surface area contributed by atoms with E-state index >= 15 is 0 Å². The number of ether oxygens (including phenoxy) is 2. The van der Waals surface area contributed by atoms with Gasteiger partial charge in [0.15, 0.2) is 5.78 Å². The summed E-state index contributed by atoms with van der Waals surface area (Å²) in [6, 6.07) is 0. The Morgan fingerprint density at radius 3 is 2.66 bits per heavy atom. The molecule has 5 nitrogen and oxygen atoms in total. The molecule has 0 N–H and O–H groups in total. The van der Waals surface area contributed by atoms with E-state index in [1.807, 2.05) is 0 Å². The topological polar surface area (TPSA) is 69.7 Å². The van der Waals surface area contributed by atoms with E-state index in [1.54, 1.807) is 6.08 Å². The van der Waals surface area contributed by atoms with E-state index in [0.717, 1.165) is 31.3 Å². The zero-order valence-electron chi connectivity index (χ0n) is 17.5. The molecule has 4 unspecified atom stereocenters. The first-order valence-corrected chi connectivity index (χ1v) is 11.0. The molecular formula is C24H30O5. The molecule has 1 heterocycles. The maximum Gasteiger partial charge on any atom is 0.309 e. The molecule has 1 spiro atoms. The first-order chi connectivity index (χ1) is 13.7. The lowest BCUT2D eigenvalue weighted by Crippen LogP contribution is -2.56. The van der Waals surface area contributed by atoms with Gasteiger partial charge in [0.05, 0.1) is 13.0 Å². The summed E-state index contributed by atoms with van der Waals surface area (Å²) in [7, 11) is 1.46. The molecule has 0 radical (unpaired) electrons. The third-order valence-corrected chi connectivity index (χ3v) is 9.29. The van der Waals surface area contributed by atoms with Crippen LogP contribution in [0.25, 0.3) is 0 Å². The van der Waals surface area contributed by atoms with Crippen molar-refractivity contribution in [2.45, 2.75) is 64.4 Å². The van der Waals surface area contributed by atoms with Crippen molar-refractivity contribution in [2.24, 2.45) is 34.5 Å². The Morgan fingerprint density at radius 1 is 1.17 bits per heavy atom. The predicted molar refractivity (Wildman–Crippen MR) is 106 cm³/mol. The number of allylic oxidation sites excluding steroid dienone is 3. The number of rotatable bonds is 1. The molecule has 0 aromatic heterocycles. The minimum atomic E-state index is -0.434. The highest BCUT2D eigenvalue weighted by Crippen LogP contribution is 2.68. The molecular weight excluding hydrogens is 368 g/mol. The van der Waals surface area contributed by atoms with Gasteiger partial charge in [-0.15, -0.1) is 0 Å². The van der Waals surface area contributed by atoms with Crippen molar-refractivity contribution in [3.05, 3.63) is 23.8 Å². The molecule has 1 saturated heterocycles. The Bertz CT molecular complexity index is 855. The minimum absolute atomic E-state index is 0.0942. The van der Waals surface area contributed by atoms with E-state index in [1.165, 1.54) is 7.11 Å². The second kappa shape index (κ2) is 6.05. The van der Waals surface area contributed by atoms with E-state index in [4.69, 9.17) is 9.47 Å². The van der Waals surface area contributed by atoms with Crippen molar-refractivity contribution >= 4 is 17.7 Å². The second-order valence-electron chi connectivity index (χ2n) is 10.2. The summed E-state index contributed by atoms with van der Waals surface area (Å²) in [6.45, 7) is 4.49. The van der Waals surface area contributed by atoms with Crippen molar-refractivity contribution in [3.63, 3.8) is 0 Å². The highest BCUT2D eigenvalue weighted by atomic mass is 16.6. The molecule has 1 aliphatic heterocycles. The molecule has 4 aliphatic carbocycles. The molecule has 29 heavy (non-hydrogen) atoms. The molecule has 5 aliphatic rings. The fraction of sp³-hybridized carbons (Fsp3) is 0.708. The number of hydrogen-bond acceptors (Lipinski definition) is 5. The van der Waals surface area contributed by atoms with Gasteiger partial charge in [-0.25, -0.2) is 0 Å². The normalized spacial score (nSPS) is 47.9. The predicted octanol–water partition coefficient (Wildman–Crippen LogP) is 3.77. The van der Waals surface area contributed by atoms with Gasteiger partial charge < -0.3 is 9.47 Å². The maximum atomic E-state index is 12.9. The Kier molecular flexibility index (Phi) is 3.98. The van der Waals surface area contributed by atoms with Gasteiger partial charge in [0, 0.05) is 18.3 Å². The number of carbonyl (C=O) groups is 3. The van der Waals surface area contributed by atoms with Crippen LogP contribution >= 0.6 is 0 Å². The van der Waals surface area contributed by atoms with E-state index in [2.05, 4.69) is 26.0 Å². The molecule has 0 amide bonds. The lowest BCUT2D eigenvalue weighted by molar-refractivity contribution is -0.162. The van der Waals surface area contributed by atoms with Crippen molar-refractivity contribution in [1.82, 2.24) is 0 Å². The Labute approximate surface area is 171 Å². The monoisotopic (exact) mass is 398 g/mol. The van der Waals surface area contributed by atoms with Crippen LogP contribution in [0.15, 0.2) is 23.8 Å². The summed E-state index contributed by atoms with van der Waals surface area (Å²) in [5.41, 5.74) is 0.326. The fourth-order valence-corrected chi connectivity index (χ4v) is 7.61. The van der Waals surface area contributed by atoms with Gasteiger partial charge in [-0.05, 0) is 61.3 Å². The highest BCUT2D eigenvalue weighted by Gasteiger charge is 2.67. The molecule has 156 valence electrons. The minimum Gasteiger partial charge on any atom is -0.469 e. The average Bonchev–Trinajstić information content (AvgIpc) is 3.22. The third kappa shape index (κ3) is 2.36. The smallest absolute Gasteiger partial charge is 0.309 e. The van der Waals surface area contributed by atoms with E-state index in [9.17, 15) is 14.4 Å². The number of hydrogen-bond donors (Lipinski definition) is 0. The van der Waals surface area contributed by atoms with Crippen molar-refractivity contribution in [1.29, 1.82) is 0 Å². The average molecular weight is 398 g/mol. The van der Waals surface area contributed by atoms with Crippen molar-refractivity contribution < 1.29 is 23.9 Å². The van der Waals surface area contributed by atoms with Crippen LogP contribution in [0.4, 0.5) is 0 Å². The largest absolute Gasteiger partial charge is 0.469 e. The first-order valence-electron chi connectivity index (χ1n) is 11.0. The summed E-state index contributed by atoms with van der Waals surface area (Å²) < 4.78 is 11.2. The lowest BCUT2D eigenvalue weighted by atomic mass is 9.46. The number of carbonyl (C=O) groups excluding carboxylic acids is 3. The number of methoxy groups -OCH3 is 1. The van der Waals surface area contributed by atoms with Gasteiger partial charge in [-0.2, -0.15) is 0 Å². The molecule has 0 aromatic carbocycles. The van der Waals surface area contributed by atoms with Crippen LogP contribution in [0, 0.1) is 34.5 Å². The molecule has 7 atom stereocenters. The highest BCUT2D eigenvalue weighted by molar-refractivity contribution is 5.92. The van der Waals surface area contributed by atoms with Crippen molar-refractivity contribution in [3.8, 4) is 0 Å². The quantitative estimate of drug-likeness (QED) is 0.497. The first kappa shape index (κ1) is 19.1. The molecule has 0 aromatic rings. The molecule has 0 bridgehead atoms. The Balaban J connectivity index is 1.63. The molecule has 2 saturated carbocycles. The zero-order chi connectivity index (χ0) is 20.6. The standard InChI is InChI=1S/C24H30O5/c1-22-8-4-15(25)12-14(22)13-16(21(27)28-3)20-17(22)5-9-23(2)18(20)6-10-24(23)11-7-19(26)29-24/h5,9,12,16-18,20H,4,6-8,10-11,13H2,1-3H3/t16?,17?,18?,20?,22-,23-,24+/m0/s1. The second-order valence-corrected chi connectivity index (χ2v) is 10.2. The van der Waals surface area contributed by atoms with Crippen LogP contribution in [0.5, 0.6) is 0 Å². The van der Waals surface area contributed by atoms with Gasteiger partial charge in [0.1, 0.15) is 5.60 Å². The summed E-state index contributed by atoms with van der Waals surface area (Å²) >= 11 is 0. The zero-order valence-corrected chi connectivity index (χ0v) is 17.5. The fourth-order valence-electron chi connectivity index (χ4n) is 7.61. The number of esters is 2. The molecule has 3 fully saturated rings. The van der Waals surface area contributed by atoms with Gasteiger partial charge in [0.2, 0.25) is 0 Å². The van der Waals surface area contributed by atoms with Crippen LogP contribution in [0.1, 0.15) is 58.8 Å². The van der Waals surface area contributed by atoms with E-state index in [-0.39, 0.29) is 52.2 Å². The van der Waals surface area contributed by atoms with Gasteiger partial charge in [0.25, 0.3) is 0 Å². The number of ketones is 1. The molecule has 5 heteroatoms. The Hall–Kier alpha value is -1.91. The molecule has 5 rings (SSSR count). The van der Waals surface area contributed by atoms with Crippen LogP contribution in [-0.4, -0.2) is 30.4 Å². The number of fused-ring (bicyclic) bond motifs is 6. The van der Waals surface area contributed by atoms with Crippen LogP contribution < -0.4 is 0 Å². The third-order valence-electron chi connectivity index (χ3n) is 9.29. The summed E-state index contributed by atoms with van der Waals surface area (Å²) in [5.74, 6) is 0.250. The van der Waals surface area contributed by atoms with Gasteiger partial charge in [-0.1, -0.05) is 31.6 Å². The lowest BCUT2D eigenvalue weighted by Gasteiger charge is -2.58. The van der Waals surface area contributed by atoms with E-state index < -0.39 is 5.60 Å². The van der Waals surface area contributed by atoms with Crippen LogP contribution in [0.3, 0.4) is 0 Å². The van der Waals surface area contributed by atoms with Crippen LogP contribution in [0.2, 0.25) is 0 Å². The summed E-state index contributed by atoms with van der Waals surface area (Å²) in [5, 5.41) is 0. The van der Waals surface area contributed by atoms with Gasteiger partial charge in [-0.3, -0.25) is 14.4 Å². The van der Waals surface area contributed by atoms with Gasteiger partial charge >= 0.3 is 11.9 Å². The Morgan fingerprint density at radius 2 is 1.97 bits per heavy atom. The van der Waals surface area contributed by atoms with Crippen molar-refractivity contribution in [2.75, 3.05) is 7.11 Å². The van der Waals surface area contributed by atoms with E-state index in [0.29, 0.717) is 19.3 Å². The summed E-state index contributed by atoms with van der Waals surface area (Å²) in [6.07, 6.45) is 11.5.